The molecule has 136 valence electrons. The van der Waals surface area contributed by atoms with E-state index in [1.165, 1.54) is 30.2 Å². The molecule has 2 aromatic heterocycles. The van der Waals surface area contributed by atoms with Crippen molar-refractivity contribution in [2.75, 3.05) is 6.54 Å². The van der Waals surface area contributed by atoms with Gasteiger partial charge in [-0.15, -0.1) is 0 Å². The van der Waals surface area contributed by atoms with Gasteiger partial charge >= 0.3 is 0 Å². The van der Waals surface area contributed by atoms with E-state index in [0.29, 0.717) is 17.0 Å². The molecule has 2 aliphatic rings. The first-order valence-corrected chi connectivity index (χ1v) is 13.2. The van der Waals surface area contributed by atoms with Crippen molar-refractivity contribution in [1.82, 2.24) is 20.3 Å². The molecule has 2 fully saturated rings. The summed E-state index contributed by atoms with van der Waals surface area (Å²) < 4.78 is 6.81. The molecule has 2 aromatic rings. The zero-order chi connectivity index (χ0) is 17.4. The van der Waals surface area contributed by atoms with E-state index in [4.69, 9.17) is 4.74 Å². The highest BCUT2D eigenvalue weighted by Crippen LogP contribution is 2.32. The molecule has 3 heterocycles. The molecular formula is C17H26N4O2SSi. The molecule has 1 aliphatic carbocycles. The van der Waals surface area contributed by atoms with E-state index in [2.05, 4.69) is 33.4 Å². The predicted octanol–water partition coefficient (Wildman–Crippen LogP) is 3.24. The molecule has 1 unspecified atom stereocenters. The summed E-state index contributed by atoms with van der Waals surface area (Å²) in [7, 11) is -1.28. The third kappa shape index (κ3) is 3.90. The second kappa shape index (κ2) is 6.73. The molecule has 6 nitrogen and oxygen atoms in total. The summed E-state index contributed by atoms with van der Waals surface area (Å²) in [6, 6.07) is 3.36. The highest BCUT2D eigenvalue weighted by molar-refractivity contribution is 7.20. The topological polar surface area (TPSA) is 79.0 Å². The predicted molar refractivity (Wildman–Crippen MR) is 103 cm³/mol. The van der Waals surface area contributed by atoms with Crippen LogP contribution in [-0.2, 0) is 0 Å². The standard InChI is InChI=1S/C17H26N4O2SSi/c1-25(2)8-4-5-11(10-18-25)19-16(22)13-9-14-15(20-13)21-17(24-14)23-12-6-3-7-12/h9,11-12,18,20H,3-8,10H2,1-2H3,(H,19,22). The first-order valence-electron chi connectivity index (χ1n) is 9.21. The summed E-state index contributed by atoms with van der Waals surface area (Å²) in [6.45, 7) is 5.58. The molecular weight excluding hydrogens is 352 g/mol. The molecule has 0 spiro atoms. The Bertz CT molecular complexity index is 736. The number of nitrogens with one attached hydrogen (secondary N) is 3. The van der Waals surface area contributed by atoms with Crippen LogP contribution in [0.1, 0.15) is 42.6 Å². The highest BCUT2D eigenvalue weighted by atomic mass is 32.1. The molecule has 1 aliphatic heterocycles. The van der Waals surface area contributed by atoms with Crippen molar-refractivity contribution in [3.8, 4) is 5.19 Å². The fourth-order valence-electron chi connectivity index (χ4n) is 3.36. The number of fused-ring (bicyclic) bond motifs is 1. The van der Waals surface area contributed by atoms with E-state index in [-0.39, 0.29) is 11.9 Å². The maximum absolute atomic E-state index is 12.6. The van der Waals surface area contributed by atoms with E-state index >= 15 is 0 Å². The number of nitrogens with zero attached hydrogens (tertiary/aromatic N) is 1. The lowest BCUT2D eigenvalue weighted by molar-refractivity contribution is 0.0931. The number of hydrogen-bond acceptors (Lipinski definition) is 5. The maximum atomic E-state index is 12.6. The number of thiazole rings is 1. The van der Waals surface area contributed by atoms with Crippen molar-refractivity contribution < 1.29 is 9.53 Å². The Morgan fingerprint density at radius 1 is 1.36 bits per heavy atom. The van der Waals surface area contributed by atoms with Crippen LogP contribution in [0.2, 0.25) is 19.1 Å². The summed E-state index contributed by atoms with van der Waals surface area (Å²) in [4.78, 5) is 23.8. The SMILES string of the molecule is C[Si]1(C)CCCC(NC(=O)c2cc3sc(OC4CCC4)nc3[nH]2)CN1. The Morgan fingerprint density at radius 2 is 2.20 bits per heavy atom. The molecule has 0 bridgehead atoms. The minimum absolute atomic E-state index is 0.0418. The first kappa shape index (κ1) is 17.1. The molecule has 1 saturated heterocycles. The van der Waals surface area contributed by atoms with Gasteiger partial charge in [0.05, 0.1) is 4.70 Å². The van der Waals surface area contributed by atoms with Crippen LogP contribution in [0.25, 0.3) is 10.3 Å². The molecule has 1 amide bonds. The Labute approximate surface area is 152 Å². The molecule has 0 radical (unpaired) electrons. The third-order valence-electron chi connectivity index (χ3n) is 5.24. The Morgan fingerprint density at radius 3 is 2.92 bits per heavy atom. The van der Waals surface area contributed by atoms with Crippen LogP contribution < -0.4 is 15.0 Å². The Kier molecular flexibility index (Phi) is 4.59. The van der Waals surface area contributed by atoms with Crippen LogP contribution in [0.5, 0.6) is 5.19 Å². The second-order valence-corrected chi connectivity index (χ2v) is 13.5. The minimum Gasteiger partial charge on any atom is -0.467 e. The number of H-pyrrole nitrogens is 1. The van der Waals surface area contributed by atoms with Gasteiger partial charge in [0.1, 0.15) is 20.0 Å². The van der Waals surface area contributed by atoms with Gasteiger partial charge in [0.2, 0.25) is 0 Å². The Balaban J connectivity index is 1.39. The average Bonchev–Trinajstić information content (AvgIpc) is 3.01. The fourth-order valence-corrected chi connectivity index (χ4v) is 6.31. The van der Waals surface area contributed by atoms with E-state index in [9.17, 15) is 4.79 Å². The molecule has 8 heteroatoms. The van der Waals surface area contributed by atoms with Gasteiger partial charge in [0, 0.05) is 12.6 Å². The monoisotopic (exact) mass is 378 g/mol. The van der Waals surface area contributed by atoms with Crippen LogP contribution in [0.4, 0.5) is 0 Å². The lowest BCUT2D eigenvalue weighted by atomic mass is 9.96. The summed E-state index contributed by atoms with van der Waals surface area (Å²) in [5.41, 5.74) is 1.33. The number of rotatable bonds is 4. The van der Waals surface area contributed by atoms with Gasteiger partial charge in [-0.1, -0.05) is 30.9 Å². The normalized spacial score (nSPS) is 23.8. The number of carbonyl (C=O) groups excluding carboxylic acids is 1. The smallest absolute Gasteiger partial charge is 0.276 e. The molecule has 0 aromatic carbocycles. The van der Waals surface area contributed by atoms with Crippen molar-refractivity contribution in [2.24, 2.45) is 0 Å². The molecule has 1 saturated carbocycles. The lowest BCUT2D eigenvalue weighted by Crippen LogP contribution is -2.49. The van der Waals surface area contributed by atoms with Crippen molar-refractivity contribution in [3.05, 3.63) is 11.8 Å². The van der Waals surface area contributed by atoms with Gasteiger partial charge in [0.15, 0.2) is 5.65 Å². The van der Waals surface area contributed by atoms with E-state index in [1.807, 2.05) is 6.07 Å². The highest BCUT2D eigenvalue weighted by Gasteiger charge is 2.27. The number of aromatic nitrogens is 2. The van der Waals surface area contributed by atoms with Crippen LogP contribution in [-0.4, -0.2) is 42.8 Å². The number of carbonyl (C=O) groups is 1. The number of hydrogen-bond donors (Lipinski definition) is 3. The number of aromatic amines is 1. The lowest BCUT2D eigenvalue weighted by Gasteiger charge is -2.24. The summed E-state index contributed by atoms with van der Waals surface area (Å²) in [5.74, 6) is -0.0418. The van der Waals surface area contributed by atoms with Crippen LogP contribution in [0.3, 0.4) is 0 Å². The van der Waals surface area contributed by atoms with Gasteiger partial charge in [-0.05, 0) is 37.8 Å². The van der Waals surface area contributed by atoms with Gasteiger partial charge in [0.25, 0.3) is 11.1 Å². The zero-order valence-corrected chi connectivity index (χ0v) is 16.7. The first-order chi connectivity index (χ1) is 12.0. The van der Waals surface area contributed by atoms with E-state index < -0.39 is 8.24 Å². The van der Waals surface area contributed by atoms with Crippen LogP contribution >= 0.6 is 11.3 Å². The van der Waals surface area contributed by atoms with Gasteiger partial charge in [-0.3, -0.25) is 4.79 Å². The minimum atomic E-state index is -1.28. The van der Waals surface area contributed by atoms with E-state index in [0.717, 1.165) is 36.2 Å². The van der Waals surface area contributed by atoms with Crippen molar-refractivity contribution in [3.63, 3.8) is 0 Å². The van der Waals surface area contributed by atoms with Gasteiger partial charge in [-0.2, -0.15) is 4.98 Å². The largest absolute Gasteiger partial charge is 0.467 e. The summed E-state index contributed by atoms with van der Waals surface area (Å²) in [5, 5.41) is 3.87. The Hall–Kier alpha value is -1.38. The van der Waals surface area contributed by atoms with Crippen molar-refractivity contribution in [1.29, 1.82) is 0 Å². The van der Waals surface area contributed by atoms with Crippen molar-refractivity contribution in [2.45, 2.75) is 63.4 Å². The summed E-state index contributed by atoms with van der Waals surface area (Å²) in [6.07, 6.45) is 6.04. The molecule has 3 N–H and O–H groups in total. The molecule has 4 rings (SSSR count). The second-order valence-electron chi connectivity index (χ2n) is 7.87. The van der Waals surface area contributed by atoms with Crippen molar-refractivity contribution >= 4 is 35.8 Å². The molecule has 25 heavy (non-hydrogen) atoms. The van der Waals surface area contributed by atoms with Gasteiger partial charge < -0.3 is 20.0 Å². The molecule has 1 atom stereocenters. The van der Waals surface area contributed by atoms with E-state index in [1.54, 1.807) is 0 Å². The van der Waals surface area contributed by atoms with Crippen LogP contribution in [0, 0.1) is 0 Å². The number of amides is 1. The number of ether oxygens (including phenoxy) is 1. The third-order valence-corrected chi connectivity index (χ3v) is 8.90. The zero-order valence-electron chi connectivity index (χ0n) is 14.9. The average molecular weight is 379 g/mol. The maximum Gasteiger partial charge on any atom is 0.276 e. The summed E-state index contributed by atoms with van der Waals surface area (Å²) >= 11 is 1.51. The van der Waals surface area contributed by atoms with Gasteiger partial charge in [-0.25, -0.2) is 0 Å². The quantitative estimate of drug-likeness (QED) is 0.714. The fraction of sp³-hybridized carbons (Fsp3) is 0.647. The van der Waals surface area contributed by atoms with Crippen LogP contribution in [0.15, 0.2) is 6.07 Å².